The molecule has 0 aliphatic rings. The van der Waals surface area contributed by atoms with Gasteiger partial charge in [0, 0.05) is 18.7 Å². The van der Waals surface area contributed by atoms with Gasteiger partial charge in [-0.1, -0.05) is 0 Å². The van der Waals surface area contributed by atoms with Gasteiger partial charge in [0.1, 0.15) is 6.33 Å². The minimum atomic E-state index is -1.02. The normalized spacial score (nSPS) is 12.8. The average molecular weight is 169 g/mol. The summed E-state index contributed by atoms with van der Waals surface area (Å²) in [6.07, 6.45) is 2.27. The highest BCUT2D eigenvalue weighted by Crippen LogP contribution is 2.01. The third kappa shape index (κ3) is 1.82. The van der Waals surface area contributed by atoms with Crippen LogP contribution < -0.4 is 5.73 Å². The molecule has 1 aromatic rings. The van der Waals surface area contributed by atoms with Crippen LogP contribution in [0.4, 0.5) is 4.79 Å². The van der Waals surface area contributed by atoms with Crippen LogP contribution in [-0.2, 0) is 6.42 Å². The highest BCUT2D eigenvalue weighted by atomic mass is 16.4. The number of imidazole rings is 1. The van der Waals surface area contributed by atoms with E-state index in [-0.39, 0.29) is 6.04 Å². The number of carboxylic acid groups (broad SMARTS) is 1. The molecule has 1 atom stereocenters. The molecule has 1 heterocycles. The van der Waals surface area contributed by atoms with Gasteiger partial charge in [-0.2, -0.15) is 0 Å². The van der Waals surface area contributed by atoms with Crippen LogP contribution in [-0.4, -0.2) is 26.8 Å². The predicted octanol–water partition coefficient (Wildman–Crippen LogP) is 0.299. The lowest BCUT2D eigenvalue weighted by Gasteiger charge is -2.04. The molecule has 1 aromatic heterocycles. The predicted molar refractivity (Wildman–Crippen MR) is 43.0 cm³/mol. The van der Waals surface area contributed by atoms with E-state index in [1.165, 1.54) is 12.5 Å². The van der Waals surface area contributed by atoms with E-state index in [2.05, 4.69) is 4.98 Å². The zero-order chi connectivity index (χ0) is 9.14. The first-order valence-corrected chi connectivity index (χ1v) is 3.61. The van der Waals surface area contributed by atoms with Gasteiger partial charge in [-0.3, -0.25) is 0 Å². The van der Waals surface area contributed by atoms with Crippen molar-refractivity contribution in [2.24, 2.45) is 5.73 Å². The first-order chi connectivity index (χ1) is 5.61. The quantitative estimate of drug-likeness (QED) is 0.667. The molecule has 12 heavy (non-hydrogen) atoms. The number of nitrogens with zero attached hydrogens (tertiary/aromatic N) is 2. The number of hydrogen-bond acceptors (Lipinski definition) is 3. The van der Waals surface area contributed by atoms with Gasteiger partial charge >= 0.3 is 6.09 Å². The Labute approximate surface area is 69.8 Å². The topological polar surface area (TPSA) is 81.1 Å². The Bertz CT molecular complexity index is 280. The molecule has 0 spiro atoms. The first kappa shape index (κ1) is 8.73. The van der Waals surface area contributed by atoms with Crippen LogP contribution in [0.15, 0.2) is 12.5 Å². The molecule has 0 amide bonds. The van der Waals surface area contributed by atoms with Gasteiger partial charge in [0.2, 0.25) is 0 Å². The smallest absolute Gasteiger partial charge is 0.417 e. The molecular weight excluding hydrogens is 158 g/mol. The van der Waals surface area contributed by atoms with Gasteiger partial charge < -0.3 is 10.8 Å². The summed E-state index contributed by atoms with van der Waals surface area (Å²) < 4.78 is 1.07. The molecule has 0 radical (unpaired) electrons. The summed E-state index contributed by atoms with van der Waals surface area (Å²) in [5.41, 5.74) is 6.14. The highest BCUT2D eigenvalue weighted by Gasteiger charge is 2.08. The molecule has 3 N–H and O–H groups in total. The SMILES string of the molecule is C[C@@H](N)Cc1cncn1C(=O)O. The Morgan fingerprint density at radius 1 is 1.92 bits per heavy atom. The van der Waals surface area contributed by atoms with Crippen molar-refractivity contribution in [2.45, 2.75) is 19.4 Å². The molecule has 0 aromatic carbocycles. The van der Waals surface area contributed by atoms with Crippen LogP contribution in [0.25, 0.3) is 0 Å². The van der Waals surface area contributed by atoms with E-state index in [4.69, 9.17) is 10.8 Å². The van der Waals surface area contributed by atoms with E-state index in [0.717, 1.165) is 4.57 Å². The van der Waals surface area contributed by atoms with Crippen molar-refractivity contribution in [1.82, 2.24) is 9.55 Å². The third-order valence-electron chi connectivity index (χ3n) is 1.45. The van der Waals surface area contributed by atoms with Gasteiger partial charge in [-0.15, -0.1) is 0 Å². The number of hydrogen-bond donors (Lipinski definition) is 2. The lowest BCUT2D eigenvalue weighted by Crippen LogP contribution is -2.21. The van der Waals surface area contributed by atoms with E-state index in [9.17, 15) is 4.79 Å². The van der Waals surface area contributed by atoms with E-state index in [1.54, 1.807) is 0 Å². The second-order valence-electron chi connectivity index (χ2n) is 2.72. The van der Waals surface area contributed by atoms with Crippen LogP contribution in [0.1, 0.15) is 12.6 Å². The molecule has 0 fully saturated rings. The van der Waals surface area contributed by atoms with Crippen LogP contribution in [0, 0.1) is 0 Å². The second kappa shape index (κ2) is 3.36. The Kier molecular flexibility index (Phi) is 2.44. The molecule has 0 saturated heterocycles. The number of rotatable bonds is 2. The van der Waals surface area contributed by atoms with Crippen molar-refractivity contribution in [3.63, 3.8) is 0 Å². The Hall–Kier alpha value is -1.36. The van der Waals surface area contributed by atoms with Crippen molar-refractivity contribution in [3.8, 4) is 0 Å². The summed E-state index contributed by atoms with van der Waals surface area (Å²) in [7, 11) is 0. The molecule has 5 heteroatoms. The molecule has 0 aliphatic heterocycles. The first-order valence-electron chi connectivity index (χ1n) is 3.61. The van der Waals surface area contributed by atoms with Crippen LogP contribution >= 0.6 is 0 Å². The van der Waals surface area contributed by atoms with Crippen molar-refractivity contribution in [3.05, 3.63) is 18.2 Å². The van der Waals surface area contributed by atoms with E-state index < -0.39 is 6.09 Å². The van der Waals surface area contributed by atoms with E-state index in [1.807, 2.05) is 6.92 Å². The fourth-order valence-electron chi connectivity index (χ4n) is 0.976. The van der Waals surface area contributed by atoms with E-state index >= 15 is 0 Å². The number of aromatic nitrogens is 2. The van der Waals surface area contributed by atoms with Crippen molar-refractivity contribution in [2.75, 3.05) is 0 Å². The van der Waals surface area contributed by atoms with Crippen LogP contribution in [0.2, 0.25) is 0 Å². The van der Waals surface area contributed by atoms with Crippen molar-refractivity contribution < 1.29 is 9.90 Å². The Balaban J connectivity index is 2.84. The standard InChI is InChI=1S/C7H11N3O2/c1-5(8)2-6-3-9-4-10(6)7(11)12/h3-5H,2,8H2,1H3,(H,11,12)/t5-/m1/s1. The van der Waals surface area contributed by atoms with Crippen molar-refractivity contribution >= 4 is 6.09 Å². The lowest BCUT2D eigenvalue weighted by molar-refractivity contribution is 0.195. The minimum absolute atomic E-state index is 0.0557. The highest BCUT2D eigenvalue weighted by molar-refractivity contribution is 5.68. The van der Waals surface area contributed by atoms with Crippen LogP contribution in [0.5, 0.6) is 0 Å². The molecular formula is C7H11N3O2. The van der Waals surface area contributed by atoms with Gasteiger partial charge in [0.25, 0.3) is 0 Å². The maximum Gasteiger partial charge on any atom is 0.417 e. The van der Waals surface area contributed by atoms with Gasteiger partial charge in [-0.25, -0.2) is 14.3 Å². The summed E-state index contributed by atoms with van der Waals surface area (Å²) in [6.45, 7) is 1.82. The molecule has 0 bridgehead atoms. The molecule has 5 nitrogen and oxygen atoms in total. The summed E-state index contributed by atoms with van der Waals surface area (Å²) in [4.78, 5) is 14.3. The maximum atomic E-state index is 10.5. The minimum Gasteiger partial charge on any atom is -0.464 e. The Morgan fingerprint density at radius 2 is 2.58 bits per heavy atom. The largest absolute Gasteiger partial charge is 0.464 e. The second-order valence-corrected chi connectivity index (χ2v) is 2.72. The number of carbonyl (C=O) groups is 1. The summed E-state index contributed by atoms with van der Waals surface area (Å²) >= 11 is 0. The van der Waals surface area contributed by atoms with Gasteiger partial charge in [0.15, 0.2) is 0 Å². The molecule has 0 saturated carbocycles. The summed E-state index contributed by atoms with van der Waals surface area (Å²) in [5.74, 6) is 0. The fourth-order valence-corrected chi connectivity index (χ4v) is 0.976. The van der Waals surface area contributed by atoms with E-state index in [0.29, 0.717) is 12.1 Å². The molecule has 0 unspecified atom stereocenters. The molecule has 1 rings (SSSR count). The number of nitrogens with two attached hydrogens (primary N) is 1. The zero-order valence-corrected chi connectivity index (χ0v) is 6.77. The van der Waals surface area contributed by atoms with Gasteiger partial charge in [0.05, 0.1) is 5.69 Å². The third-order valence-corrected chi connectivity index (χ3v) is 1.45. The molecule has 66 valence electrons. The molecule has 0 aliphatic carbocycles. The van der Waals surface area contributed by atoms with Gasteiger partial charge in [-0.05, 0) is 6.92 Å². The van der Waals surface area contributed by atoms with Crippen LogP contribution in [0.3, 0.4) is 0 Å². The average Bonchev–Trinajstić information content (AvgIpc) is 2.33. The van der Waals surface area contributed by atoms with Crippen molar-refractivity contribution in [1.29, 1.82) is 0 Å². The fraction of sp³-hybridized carbons (Fsp3) is 0.429. The summed E-state index contributed by atoms with van der Waals surface area (Å²) in [5, 5.41) is 8.65. The summed E-state index contributed by atoms with van der Waals surface area (Å²) in [6, 6.07) is -0.0557. The Morgan fingerprint density at radius 3 is 3.08 bits per heavy atom. The zero-order valence-electron chi connectivity index (χ0n) is 6.77. The lowest BCUT2D eigenvalue weighted by atomic mass is 10.2. The maximum absolute atomic E-state index is 10.5. The monoisotopic (exact) mass is 169 g/mol.